The zero-order valence-electron chi connectivity index (χ0n) is 14.1. The summed E-state index contributed by atoms with van der Waals surface area (Å²) in [6.45, 7) is 1.60. The van der Waals surface area contributed by atoms with E-state index in [1.165, 1.54) is 18.2 Å². The Bertz CT molecular complexity index is 1210. The topological polar surface area (TPSA) is 54.6 Å². The van der Waals surface area contributed by atoms with Crippen LogP contribution >= 0.6 is 0 Å². The minimum atomic E-state index is -4.42. The lowest BCUT2D eigenvalue weighted by Gasteiger charge is -2.13. The van der Waals surface area contributed by atoms with Gasteiger partial charge in [-0.05, 0) is 55.0 Å². The molecule has 0 aliphatic rings. The van der Waals surface area contributed by atoms with Crippen LogP contribution < -0.4 is 0 Å². The zero-order valence-corrected chi connectivity index (χ0v) is 14.1. The molecule has 0 aliphatic carbocycles. The van der Waals surface area contributed by atoms with E-state index in [-0.39, 0.29) is 5.56 Å². The predicted octanol–water partition coefficient (Wildman–Crippen LogP) is 5.18. The molecule has 4 aromatic rings. The van der Waals surface area contributed by atoms with Gasteiger partial charge in [0.15, 0.2) is 0 Å². The average molecular weight is 370 g/mol. The quantitative estimate of drug-likeness (QED) is 0.529. The standard InChI is InChI=1S/C20H13F3N2O2/c1-11-9-13(20(21,22)23)5-6-14(11)18-17-3-2-8-25(17)16-7-4-12(19(26)27)10-15(16)24-18/h2-10H,1H3,(H,26,27). The molecule has 136 valence electrons. The smallest absolute Gasteiger partial charge is 0.416 e. The summed E-state index contributed by atoms with van der Waals surface area (Å²) in [5.74, 6) is -1.07. The largest absolute Gasteiger partial charge is 0.478 e. The highest BCUT2D eigenvalue weighted by atomic mass is 19.4. The number of aromatic nitrogens is 2. The number of carbonyl (C=O) groups is 1. The van der Waals surface area contributed by atoms with Crippen LogP contribution in [0.15, 0.2) is 54.7 Å². The molecule has 2 aromatic heterocycles. The third-order valence-corrected chi connectivity index (χ3v) is 4.51. The molecule has 0 bridgehead atoms. The van der Waals surface area contributed by atoms with Gasteiger partial charge in [-0.1, -0.05) is 6.07 Å². The van der Waals surface area contributed by atoms with Crippen LogP contribution in [0, 0.1) is 6.92 Å². The number of rotatable bonds is 2. The Balaban J connectivity index is 2.00. The first-order valence-electron chi connectivity index (χ1n) is 8.08. The number of halogens is 3. The van der Waals surface area contributed by atoms with Crippen molar-refractivity contribution < 1.29 is 23.1 Å². The van der Waals surface area contributed by atoms with Crippen molar-refractivity contribution in [1.29, 1.82) is 0 Å². The van der Waals surface area contributed by atoms with Gasteiger partial charge in [0.1, 0.15) is 0 Å². The van der Waals surface area contributed by atoms with Gasteiger partial charge in [0.25, 0.3) is 0 Å². The summed E-state index contributed by atoms with van der Waals surface area (Å²) < 4.78 is 40.7. The Hall–Kier alpha value is -3.35. The molecule has 0 amide bonds. The fraction of sp³-hybridized carbons (Fsp3) is 0.100. The summed E-state index contributed by atoms with van der Waals surface area (Å²) in [5.41, 5.74) is 2.78. The van der Waals surface area contributed by atoms with Gasteiger partial charge >= 0.3 is 12.1 Å². The van der Waals surface area contributed by atoms with Crippen LogP contribution in [0.25, 0.3) is 27.8 Å². The second kappa shape index (κ2) is 5.84. The maximum absolute atomic E-state index is 13.0. The molecule has 4 rings (SSSR count). The third-order valence-electron chi connectivity index (χ3n) is 4.51. The number of aryl methyl sites for hydroxylation is 1. The van der Waals surface area contributed by atoms with Crippen molar-refractivity contribution in [3.8, 4) is 11.3 Å². The van der Waals surface area contributed by atoms with Crippen molar-refractivity contribution in [1.82, 2.24) is 9.38 Å². The SMILES string of the molecule is Cc1cc(C(F)(F)F)ccc1-c1nc2cc(C(=O)O)ccc2n2cccc12. The van der Waals surface area contributed by atoms with Gasteiger partial charge in [0.05, 0.1) is 33.4 Å². The second-order valence-electron chi connectivity index (χ2n) is 6.26. The molecule has 0 atom stereocenters. The number of hydrogen-bond acceptors (Lipinski definition) is 2. The fourth-order valence-electron chi connectivity index (χ4n) is 3.22. The van der Waals surface area contributed by atoms with Crippen molar-refractivity contribution in [3.05, 3.63) is 71.4 Å². The molecule has 27 heavy (non-hydrogen) atoms. The van der Waals surface area contributed by atoms with Crippen molar-refractivity contribution in [2.24, 2.45) is 0 Å². The molecule has 0 saturated heterocycles. The van der Waals surface area contributed by atoms with Gasteiger partial charge < -0.3 is 9.51 Å². The molecule has 0 fully saturated rings. The van der Waals surface area contributed by atoms with Crippen LogP contribution in [0.1, 0.15) is 21.5 Å². The lowest BCUT2D eigenvalue weighted by molar-refractivity contribution is -0.137. The summed E-state index contributed by atoms with van der Waals surface area (Å²) in [5, 5.41) is 9.21. The minimum Gasteiger partial charge on any atom is -0.478 e. The Morgan fingerprint density at radius 3 is 2.52 bits per heavy atom. The molecule has 1 N–H and O–H groups in total. The highest BCUT2D eigenvalue weighted by molar-refractivity contribution is 5.94. The summed E-state index contributed by atoms with van der Waals surface area (Å²) in [4.78, 5) is 15.8. The number of nitrogens with zero attached hydrogens (tertiary/aromatic N) is 2. The van der Waals surface area contributed by atoms with E-state index in [1.807, 2.05) is 22.7 Å². The van der Waals surface area contributed by atoms with Crippen LogP contribution in [0.4, 0.5) is 13.2 Å². The summed E-state index contributed by atoms with van der Waals surface area (Å²) in [6, 6.07) is 11.8. The van der Waals surface area contributed by atoms with Crippen LogP contribution in [-0.4, -0.2) is 20.5 Å². The molecule has 7 heteroatoms. The Labute approximate surface area is 151 Å². The number of benzene rings is 2. The van der Waals surface area contributed by atoms with Crippen LogP contribution in [0.2, 0.25) is 0 Å². The molecule has 0 radical (unpaired) electrons. The first-order valence-corrected chi connectivity index (χ1v) is 8.08. The Kier molecular flexibility index (Phi) is 3.69. The molecule has 0 spiro atoms. The average Bonchev–Trinajstić information content (AvgIpc) is 3.09. The second-order valence-corrected chi connectivity index (χ2v) is 6.26. The van der Waals surface area contributed by atoms with Gasteiger partial charge in [0, 0.05) is 11.8 Å². The zero-order chi connectivity index (χ0) is 19.3. The van der Waals surface area contributed by atoms with E-state index in [0.717, 1.165) is 17.6 Å². The molecule has 0 unspecified atom stereocenters. The van der Waals surface area contributed by atoms with Crippen LogP contribution in [0.5, 0.6) is 0 Å². The van der Waals surface area contributed by atoms with E-state index >= 15 is 0 Å². The van der Waals surface area contributed by atoms with E-state index < -0.39 is 17.7 Å². The molecule has 0 saturated carbocycles. The van der Waals surface area contributed by atoms with Gasteiger partial charge in [-0.25, -0.2) is 9.78 Å². The van der Waals surface area contributed by atoms with E-state index in [2.05, 4.69) is 4.98 Å². The summed E-state index contributed by atoms with van der Waals surface area (Å²) in [6.07, 6.45) is -2.61. The van der Waals surface area contributed by atoms with E-state index in [9.17, 15) is 23.1 Å². The fourth-order valence-corrected chi connectivity index (χ4v) is 3.22. The summed E-state index contributed by atoms with van der Waals surface area (Å²) >= 11 is 0. The van der Waals surface area contributed by atoms with E-state index in [4.69, 9.17) is 0 Å². The van der Waals surface area contributed by atoms with Crippen molar-refractivity contribution in [3.63, 3.8) is 0 Å². The monoisotopic (exact) mass is 370 g/mol. The Morgan fingerprint density at radius 2 is 1.85 bits per heavy atom. The minimum absolute atomic E-state index is 0.0941. The van der Waals surface area contributed by atoms with Crippen molar-refractivity contribution in [2.75, 3.05) is 0 Å². The number of aromatic carboxylic acids is 1. The third kappa shape index (κ3) is 2.81. The maximum atomic E-state index is 13.0. The lowest BCUT2D eigenvalue weighted by atomic mass is 10.0. The highest BCUT2D eigenvalue weighted by Gasteiger charge is 2.30. The van der Waals surface area contributed by atoms with Gasteiger partial charge in [-0.3, -0.25) is 0 Å². The first kappa shape index (κ1) is 17.1. The maximum Gasteiger partial charge on any atom is 0.416 e. The number of fused-ring (bicyclic) bond motifs is 3. The molecule has 4 nitrogen and oxygen atoms in total. The number of alkyl halides is 3. The molecule has 2 heterocycles. The van der Waals surface area contributed by atoms with Crippen LogP contribution in [0.3, 0.4) is 0 Å². The highest BCUT2D eigenvalue weighted by Crippen LogP contribution is 2.34. The summed E-state index contributed by atoms with van der Waals surface area (Å²) in [7, 11) is 0. The van der Waals surface area contributed by atoms with Gasteiger partial charge in [0.2, 0.25) is 0 Å². The van der Waals surface area contributed by atoms with Crippen molar-refractivity contribution in [2.45, 2.75) is 13.1 Å². The van der Waals surface area contributed by atoms with Gasteiger partial charge in [-0.15, -0.1) is 0 Å². The van der Waals surface area contributed by atoms with Crippen molar-refractivity contribution >= 4 is 22.5 Å². The molecule has 0 aliphatic heterocycles. The molecular weight excluding hydrogens is 357 g/mol. The predicted molar refractivity (Wildman–Crippen MR) is 94.8 cm³/mol. The number of carboxylic acids is 1. The lowest BCUT2D eigenvalue weighted by Crippen LogP contribution is -2.05. The number of carboxylic acid groups (broad SMARTS) is 1. The van der Waals surface area contributed by atoms with E-state index in [1.54, 1.807) is 13.0 Å². The van der Waals surface area contributed by atoms with Gasteiger partial charge in [-0.2, -0.15) is 13.2 Å². The molecular formula is C20H13F3N2O2. The Morgan fingerprint density at radius 1 is 1.07 bits per heavy atom. The first-order chi connectivity index (χ1) is 12.8. The van der Waals surface area contributed by atoms with Crippen LogP contribution in [-0.2, 0) is 6.18 Å². The van der Waals surface area contributed by atoms with E-state index in [0.29, 0.717) is 27.9 Å². The normalized spacial score (nSPS) is 12.0. The molecule has 2 aromatic carbocycles. The number of hydrogen-bond donors (Lipinski definition) is 1.